The van der Waals surface area contributed by atoms with Crippen LogP contribution in [-0.4, -0.2) is 35.7 Å². The zero-order chi connectivity index (χ0) is 24.8. The van der Waals surface area contributed by atoms with Crippen LogP contribution >= 0.6 is 0 Å². The molecule has 4 aromatic rings. The van der Waals surface area contributed by atoms with Gasteiger partial charge < -0.3 is 14.2 Å². The number of nitrogens with one attached hydrogen (secondary N) is 1. The number of nitrogens with zero attached hydrogens (tertiary/aromatic N) is 2. The van der Waals surface area contributed by atoms with Crippen LogP contribution < -0.4 is 15.0 Å². The van der Waals surface area contributed by atoms with Crippen molar-refractivity contribution in [1.29, 1.82) is 0 Å². The molecule has 178 valence electrons. The first kappa shape index (κ1) is 23.6. The Kier molecular flexibility index (Phi) is 7.11. The van der Waals surface area contributed by atoms with Crippen molar-refractivity contribution in [2.24, 2.45) is 4.99 Å². The number of esters is 1. The van der Waals surface area contributed by atoms with E-state index in [0.717, 1.165) is 5.75 Å². The SMILES string of the molecule is COC(=O)Cc1[nH]n(-c2ccc(OC)cc2)c(=O)c1C(C)=Nc1ccc(Oc2ccccc2)cc1. The van der Waals surface area contributed by atoms with Crippen molar-refractivity contribution >= 4 is 17.4 Å². The van der Waals surface area contributed by atoms with E-state index in [-0.39, 0.29) is 12.0 Å². The molecule has 0 spiro atoms. The second kappa shape index (κ2) is 10.6. The normalized spacial score (nSPS) is 11.2. The number of benzene rings is 3. The Labute approximate surface area is 202 Å². The summed E-state index contributed by atoms with van der Waals surface area (Å²) in [5.41, 5.74) is 2.12. The maximum Gasteiger partial charge on any atom is 0.311 e. The van der Waals surface area contributed by atoms with E-state index in [2.05, 4.69) is 10.1 Å². The molecule has 35 heavy (non-hydrogen) atoms. The molecule has 3 aromatic carbocycles. The monoisotopic (exact) mass is 471 g/mol. The highest BCUT2D eigenvalue weighted by molar-refractivity contribution is 6.01. The van der Waals surface area contributed by atoms with Gasteiger partial charge in [-0.25, -0.2) is 4.68 Å². The second-order valence-electron chi connectivity index (χ2n) is 7.66. The summed E-state index contributed by atoms with van der Waals surface area (Å²) in [6.07, 6.45) is -0.0963. The average Bonchev–Trinajstić information content (AvgIpc) is 3.21. The summed E-state index contributed by atoms with van der Waals surface area (Å²) in [4.78, 5) is 30.0. The highest BCUT2D eigenvalue weighted by atomic mass is 16.5. The highest BCUT2D eigenvalue weighted by Crippen LogP contribution is 2.24. The quantitative estimate of drug-likeness (QED) is 0.294. The van der Waals surface area contributed by atoms with Crippen molar-refractivity contribution in [1.82, 2.24) is 9.78 Å². The Morgan fingerprint density at radius 3 is 2.14 bits per heavy atom. The summed E-state index contributed by atoms with van der Waals surface area (Å²) >= 11 is 0. The Hall–Kier alpha value is -4.59. The Balaban J connectivity index is 1.66. The molecule has 8 nitrogen and oxygen atoms in total. The van der Waals surface area contributed by atoms with Crippen LogP contribution in [0.5, 0.6) is 17.2 Å². The molecule has 0 saturated heterocycles. The van der Waals surface area contributed by atoms with Gasteiger partial charge in [0.25, 0.3) is 5.56 Å². The molecule has 1 aromatic heterocycles. The first-order valence-corrected chi connectivity index (χ1v) is 10.9. The molecular formula is C27H25N3O5. The number of para-hydroxylation sites is 1. The molecule has 4 rings (SSSR count). The van der Waals surface area contributed by atoms with Crippen molar-refractivity contribution in [2.45, 2.75) is 13.3 Å². The number of aliphatic imine (C=N–C) groups is 1. The largest absolute Gasteiger partial charge is 0.497 e. The summed E-state index contributed by atoms with van der Waals surface area (Å²) in [5.74, 6) is 1.60. The van der Waals surface area contributed by atoms with Crippen LogP contribution in [0.4, 0.5) is 5.69 Å². The number of aromatic amines is 1. The van der Waals surface area contributed by atoms with E-state index in [4.69, 9.17) is 14.2 Å². The summed E-state index contributed by atoms with van der Waals surface area (Å²) in [6.45, 7) is 1.73. The third-order valence-electron chi connectivity index (χ3n) is 5.32. The van der Waals surface area contributed by atoms with Crippen LogP contribution in [0.25, 0.3) is 5.69 Å². The van der Waals surface area contributed by atoms with Crippen LogP contribution in [0.1, 0.15) is 18.2 Å². The van der Waals surface area contributed by atoms with E-state index >= 15 is 0 Å². The van der Waals surface area contributed by atoms with Crippen molar-refractivity contribution in [3.63, 3.8) is 0 Å². The Morgan fingerprint density at radius 2 is 1.51 bits per heavy atom. The van der Waals surface area contributed by atoms with Gasteiger partial charge in [-0.05, 0) is 67.6 Å². The molecule has 0 aliphatic heterocycles. The van der Waals surface area contributed by atoms with E-state index in [1.807, 2.05) is 30.3 Å². The van der Waals surface area contributed by atoms with Crippen LogP contribution in [0, 0.1) is 0 Å². The lowest BCUT2D eigenvalue weighted by Crippen LogP contribution is -2.20. The van der Waals surface area contributed by atoms with Crippen molar-refractivity contribution in [3.8, 4) is 22.9 Å². The molecule has 1 heterocycles. The molecule has 0 saturated carbocycles. The van der Waals surface area contributed by atoms with Gasteiger partial charge in [-0.1, -0.05) is 18.2 Å². The van der Waals surface area contributed by atoms with Gasteiger partial charge in [0.2, 0.25) is 0 Å². The van der Waals surface area contributed by atoms with Gasteiger partial charge in [0.1, 0.15) is 17.2 Å². The van der Waals surface area contributed by atoms with Gasteiger partial charge in [0, 0.05) is 0 Å². The van der Waals surface area contributed by atoms with Gasteiger partial charge in [-0.3, -0.25) is 19.7 Å². The van der Waals surface area contributed by atoms with E-state index < -0.39 is 5.97 Å². The summed E-state index contributed by atoms with van der Waals surface area (Å²) in [6, 6.07) is 23.7. The molecular weight excluding hydrogens is 446 g/mol. The lowest BCUT2D eigenvalue weighted by atomic mass is 10.1. The third-order valence-corrected chi connectivity index (χ3v) is 5.32. The van der Waals surface area contributed by atoms with Gasteiger partial charge in [-0.2, -0.15) is 0 Å². The fourth-order valence-corrected chi connectivity index (χ4v) is 3.58. The van der Waals surface area contributed by atoms with Crippen molar-refractivity contribution in [3.05, 3.63) is 100 Å². The molecule has 0 fully saturated rings. The summed E-state index contributed by atoms with van der Waals surface area (Å²) in [7, 11) is 2.88. The molecule has 8 heteroatoms. The minimum Gasteiger partial charge on any atom is -0.497 e. The van der Waals surface area contributed by atoms with Crippen LogP contribution in [-0.2, 0) is 16.0 Å². The zero-order valence-electron chi connectivity index (χ0n) is 19.6. The van der Waals surface area contributed by atoms with Crippen molar-refractivity contribution in [2.75, 3.05) is 14.2 Å². The smallest absolute Gasteiger partial charge is 0.311 e. The molecule has 0 atom stereocenters. The number of rotatable bonds is 8. The number of carbonyl (C=O) groups is 1. The summed E-state index contributed by atoms with van der Waals surface area (Å²) in [5, 5.41) is 3.03. The number of hydrogen-bond donors (Lipinski definition) is 1. The average molecular weight is 472 g/mol. The maximum absolute atomic E-state index is 13.4. The van der Waals surface area contributed by atoms with Crippen molar-refractivity contribution < 1.29 is 19.0 Å². The fourth-order valence-electron chi connectivity index (χ4n) is 3.58. The van der Waals surface area contributed by atoms with Gasteiger partial charge in [0.05, 0.1) is 49.0 Å². The number of H-pyrrole nitrogens is 1. The number of carbonyl (C=O) groups excluding carboxylic acids is 1. The molecule has 0 bridgehead atoms. The first-order valence-electron chi connectivity index (χ1n) is 10.9. The number of hydrogen-bond acceptors (Lipinski definition) is 6. The zero-order valence-corrected chi connectivity index (χ0v) is 19.6. The molecule has 0 amide bonds. The standard InChI is InChI=1S/C27H25N3O5/c1-18(28-19-9-13-23(14-10-19)35-22-7-5-4-6-8-22)26-24(17-25(31)34-3)29-30(27(26)32)20-11-15-21(33-2)16-12-20/h4-16,29H,17H2,1-3H3. The Morgan fingerprint density at radius 1 is 0.886 bits per heavy atom. The van der Waals surface area contributed by atoms with E-state index in [9.17, 15) is 9.59 Å². The van der Waals surface area contributed by atoms with Gasteiger partial charge in [0.15, 0.2) is 0 Å². The highest BCUT2D eigenvalue weighted by Gasteiger charge is 2.20. The molecule has 1 N–H and O–H groups in total. The lowest BCUT2D eigenvalue weighted by molar-refractivity contribution is -0.139. The maximum atomic E-state index is 13.4. The van der Waals surface area contributed by atoms with E-state index in [1.165, 1.54) is 11.8 Å². The minimum absolute atomic E-state index is 0.0963. The van der Waals surface area contributed by atoms with Crippen LogP contribution in [0.2, 0.25) is 0 Å². The molecule has 0 aliphatic carbocycles. The van der Waals surface area contributed by atoms with E-state index in [1.54, 1.807) is 62.6 Å². The minimum atomic E-state index is -0.468. The molecule has 0 unspecified atom stereocenters. The number of methoxy groups -OCH3 is 2. The number of aromatic nitrogens is 2. The fraction of sp³-hybridized carbons (Fsp3) is 0.148. The Bertz CT molecular complexity index is 1390. The van der Waals surface area contributed by atoms with Gasteiger partial charge in [-0.15, -0.1) is 0 Å². The van der Waals surface area contributed by atoms with Gasteiger partial charge >= 0.3 is 5.97 Å². The summed E-state index contributed by atoms with van der Waals surface area (Å²) < 4.78 is 17.2. The lowest BCUT2D eigenvalue weighted by Gasteiger charge is -2.06. The predicted molar refractivity (Wildman–Crippen MR) is 133 cm³/mol. The number of ether oxygens (including phenoxy) is 3. The topological polar surface area (TPSA) is 94.9 Å². The van der Waals surface area contributed by atoms with Crippen LogP contribution in [0.3, 0.4) is 0 Å². The second-order valence-corrected chi connectivity index (χ2v) is 7.66. The predicted octanol–water partition coefficient (Wildman–Crippen LogP) is 4.82. The molecule has 0 aliphatic rings. The van der Waals surface area contributed by atoms with Crippen LogP contribution in [0.15, 0.2) is 88.6 Å². The van der Waals surface area contributed by atoms with E-state index in [0.29, 0.717) is 39.8 Å². The third kappa shape index (κ3) is 5.50. The molecule has 0 radical (unpaired) electrons. The first-order chi connectivity index (χ1) is 17.0.